The minimum Gasteiger partial charge on any atom is -0.481 e. The molecule has 0 saturated heterocycles. The lowest BCUT2D eigenvalue weighted by Gasteiger charge is -2.26. The van der Waals surface area contributed by atoms with Gasteiger partial charge in [0, 0.05) is 6.54 Å². The van der Waals surface area contributed by atoms with Crippen molar-refractivity contribution in [3.63, 3.8) is 0 Å². The molecule has 0 aromatic heterocycles. The van der Waals surface area contributed by atoms with Crippen molar-refractivity contribution in [2.45, 2.75) is 33.1 Å². The molecule has 1 aromatic rings. The summed E-state index contributed by atoms with van der Waals surface area (Å²) in [6.45, 7) is 4.62. The Hall–Kier alpha value is -2.10. The van der Waals surface area contributed by atoms with Crippen molar-refractivity contribution in [1.29, 1.82) is 0 Å². The molecular weight excluding hydrogens is 302 g/mol. The van der Waals surface area contributed by atoms with E-state index in [2.05, 4.69) is 5.32 Å². The number of hydrogen-bond donors (Lipinski definition) is 2. The highest BCUT2D eigenvalue weighted by atomic mass is 16.4. The fourth-order valence-electron chi connectivity index (χ4n) is 4.70. The third kappa shape index (κ3) is 2.97. The van der Waals surface area contributed by atoms with E-state index in [-0.39, 0.29) is 17.7 Å². The number of benzene rings is 1. The number of fused-ring (bicyclic) bond motifs is 2. The summed E-state index contributed by atoms with van der Waals surface area (Å²) < 4.78 is 0. The highest BCUT2D eigenvalue weighted by Crippen LogP contribution is 2.57. The standard InChI is InChI=1S/C20H25NO3/c1-12(2)16-14-8-9-15(16)18(20(23)24)17(14)19(22)21-11-10-13-6-4-3-5-7-13/h3-7,14-15,17-18H,8-11H2,1-2H3,(H,21,22)(H,23,24)/t14-,15+,17+,18-/m0/s1. The highest BCUT2D eigenvalue weighted by Gasteiger charge is 2.57. The zero-order valence-corrected chi connectivity index (χ0v) is 14.3. The Kier molecular flexibility index (Phi) is 4.74. The molecule has 0 heterocycles. The number of carboxylic acids is 1. The Bertz CT molecular complexity index is 661. The summed E-state index contributed by atoms with van der Waals surface area (Å²) in [5, 5.41) is 12.6. The highest BCUT2D eigenvalue weighted by molar-refractivity contribution is 5.87. The number of allylic oxidation sites excluding steroid dienone is 2. The van der Waals surface area contributed by atoms with Gasteiger partial charge in [-0.05, 0) is 50.5 Å². The van der Waals surface area contributed by atoms with Gasteiger partial charge in [0.1, 0.15) is 0 Å². The summed E-state index contributed by atoms with van der Waals surface area (Å²) in [6.07, 6.45) is 2.60. The molecule has 24 heavy (non-hydrogen) atoms. The third-order valence-electron chi connectivity index (χ3n) is 5.56. The van der Waals surface area contributed by atoms with Gasteiger partial charge in [-0.15, -0.1) is 0 Å². The van der Waals surface area contributed by atoms with Crippen LogP contribution in [0.15, 0.2) is 41.5 Å². The van der Waals surface area contributed by atoms with E-state index in [1.54, 1.807) is 0 Å². The molecule has 4 heteroatoms. The van der Waals surface area contributed by atoms with Crippen LogP contribution >= 0.6 is 0 Å². The quantitative estimate of drug-likeness (QED) is 0.817. The summed E-state index contributed by atoms with van der Waals surface area (Å²) in [5.74, 6) is -1.75. The third-order valence-corrected chi connectivity index (χ3v) is 5.56. The molecule has 1 aromatic carbocycles. The Labute approximate surface area is 143 Å². The van der Waals surface area contributed by atoms with Crippen LogP contribution in [-0.4, -0.2) is 23.5 Å². The number of carbonyl (C=O) groups excluding carboxylic acids is 1. The largest absolute Gasteiger partial charge is 0.481 e. The predicted molar refractivity (Wildman–Crippen MR) is 92.4 cm³/mol. The van der Waals surface area contributed by atoms with E-state index >= 15 is 0 Å². The molecule has 2 fully saturated rings. The first kappa shape index (κ1) is 16.7. The van der Waals surface area contributed by atoms with Crippen LogP contribution in [-0.2, 0) is 16.0 Å². The molecule has 2 bridgehead atoms. The minimum atomic E-state index is -0.829. The van der Waals surface area contributed by atoms with Crippen LogP contribution in [0.1, 0.15) is 32.3 Å². The SMILES string of the molecule is CC(C)=C1[C@H]2CC[C@@H]1[C@@H](C(=O)NCCc1ccccc1)[C@H]2C(=O)O. The van der Waals surface area contributed by atoms with Crippen molar-refractivity contribution >= 4 is 11.9 Å². The van der Waals surface area contributed by atoms with Crippen molar-refractivity contribution < 1.29 is 14.7 Å². The first-order valence-corrected chi connectivity index (χ1v) is 8.72. The van der Waals surface area contributed by atoms with Crippen molar-refractivity contribution in [3.05, 3.63) is 47.0 Å². The van der Waals surface area contributed by atoms with Crippen LogP contribution < -0.4 is 5.32 Å². The monoisotopic (exact) mass is 327 g/mol. The summed E-state index contributed by atoms with van der Waals surface area (Å²) in [5.41, 5.74) is 3.59. The van der Waals surface area contributed by atoms with E-state index < -0.39 is 17.8 Å². The Morgan fingerprint density at radius 3 is 2.29 bits per heavy atom. The molecule has 0 radical (unpaired) electrons. The summed E-state index contributed by atoms with van der Waals surface area (Å²) in [4.78, 5) is 24.5. The molecule has 4 nitrogen and oxygen atoms in total. The molecule has 2 saturated carbocycles. The average Bonchev–Trinajstić information content (AvgIpc) is 3.11. The summed E-state index contributed by atoms with van der Waals surface area (Å²) in [6, 6.07) is 10.00. The second-order valence-corrected chi connectivity index (χ2v) is 7.16. The second-order valence-electron chi connectivity index (χ2n) is 7.16. The topological polar surface area (TPSA) is 66.4 Å². The van der Waals surface area contributed by atoms with Crippen molar-refractivity contribution in [1.82, 2.24) is 5.32 Å². The van der Waals surface area contributed by atoms with Gasteiger partial charge in [-0.1, -0.05) is 41.5 Å². The number of amides is 1. The first-order valence-electron chi connectivity index (χ1n) is 8.72. The van der Waals surface area contributed by atoms with Gasteiger partial charge < -0.3 is 10.4 Å². The normalized spacial score (nSPS) is 28.0. The number of carboxylic acid groups (broad SMARTS) is 1. The van der Waals surface area contributed by atoms with Gasteiger partial charge in [0.2, 0.25) is 5.91 Å². The lowest BCUT2D eigenvalue weighted by Crippen LogP contribution is -2.41. The summed E-state index contributed by atoms with van der Waals surface area (Å²) in [7, 11) is 0. The maximum Gasteiger partial charge on any atom is 0.307 e. The molecule has 0 unspecified atom stereocenters. The maximum absolute atomic E-state index is 12.7. The Morgan fingerprint density at radius 1 is 1.08 bits per heavy atom. The second kappa shape index (κ2) is 6.80. The number of hydrogen-bond acceptors (Lipinski definition) is 2. The van der Waals surface area contributed by atoms with E-state index in [1.807, 2.05) is 44.2 Å². The number of nitrogens with one attached hydrogen (secondary N) is 1. The first-order chi connectivity index (χ1) is 11.5. The molecule has 2 aliphatic carbocycles. The molecule has 4 atom stereocenters. The van der Waals surface area contributed by atoms with Crippen molar-refractivity contribution in [2.24, 2.45) is 23.7 Å². The van der Waals surface area contributed by atoms with Crippen LogP contribution in [0.2, 0.25) is 0 Å². The Balaban J connectivity index is 1.69. The van der Waals surface area contributed by atoms with Crippen LogP contribution in [0.4, 0.5) is 0 Å². The molecule has 0 aliphatic heterocycles. The van der Waals surface area contributed by atoms with Gasteiger partial charge in [0.05, 0.1) is 11.8 Å². The van der Waals surface area contributed by atoms with E-state index in [0.717, 1.165) is 19.3 Å². The number of rotatable bonds is 5. The van der Waals surface area contributed by atoms with Gasteiger partial charge in [0.25, 0.3) is 0 Å². The van der Waals surface area contributed by atoms with Gasteiger partial charge >= 0.3 is 5.97 Å². The molecule has 2 N–H and O–H groups in total. The van der Waals surface area contributed by atoms with E-state index in [1.165, 1.54) is 16.7 Å². The van der Waals surface area contributed by atoms with Gasteiger partial charge in [-0.25, -0.2) is 0 Å². The van der Waals surface area contributed by atoms with Gasteiger partial charge in [0.15, 0.2) is 0 Å². The van der Waals surface area contributed by atoms with Crippen molar-refractivity contribution in [2.75, 3.05) is 6.54 Å². The van der Waals surface area contributed by atoms with Crippen LogP contribution in [0.25, 0.3) is 0 Å². The van der Waals surface area contributed by atoms with E-state index in [9.17, 15) is 14.7 Å². The van der Waals surface area contributed by atoms with Crippen molar-refractivity contribution in [3.8, 4) is 0 Å². The van der Waals surface area contributed by atoms with Crippen LogP contribution in [0.3, 0.4) is 0 Å². The van der Waals surface area contributed by atoms with Gasteiger partial charge in [-0.3, -0.25) is 9.59 Å². The fraction of sp³-hybridized carbons (Fsp3) is 0.500. The number of aliphatic carboxylic acids is 1. The molecule has 2 aliphatic rings. The summed E-state index contributed by atoms with van der Waals surface area (Å²) >= 11 is 0. The fourth-order valence-corrected chi connectivity index (χ4v) is 4.70. The van der Waals surface area contributed by atoms with E-state index in [0.29, 0.717) is 6.54 Å². The maximum atomic E-state index is 12.7. The minimum absolute atomic E-state index is 0.0439. The molecule has 1 amide bonds. The zero-order chi connectivity index (χ0) is 17.3. The zero-order valence-electron chi connectivity index (χ0n) is 14.3. The Morgan fingerprint density at radius 2 is 1.71 bits per heavy atom. The average molecular weight is 327 g/mol. The van der Waals surface area contributed by atoms with Crippen LogP contribution in [0, 0.1) is 23.7 Å². The molecule has 3 rings (SSSR count). The molecule has 0 spiro atoms. The predicted octanol–water partition coefficient (Wildman–Crippen LogP) is 3.04. The van der Waals surface area contributed by atoms with Gasteiger partial charge in [-0.2, -0.15) is 0 Å². The smallest absolute Gasteiger partial charge is 0.307 e. The molecular formula is C20H25NO3. The number of carbonyl (C=O) groups is 2. The van der Waals surface area contributed by atoms with Crippen LogP contribution in [0.5, 0.6) is 0 Å². The lowest BCUT2D eigenvalue weighted by atomic mass is 9.78. The molecule has 128 valence electrons. The van der Waals surface area contributed by atoms with E-state index in [4.69, 9.17) is 0 Å². The lowest BCUT2D eigenvalue weighted by molar-refractivity contribution is -0.149.